The van der Waals surface area contributed by atoms with Gasteiger partial charge >= 0.3 is 6.01 Å². The van der Waals surface area contributed by atoms with E-state index in [0.717, 1.165) is 19.5 Å². The Bertz CT molecular complexity index is 300. The maximum absolute atomic E-state index is 5.62. The van der Waals surface area contributed by atoms with Crippen LogP contribution < -0.4 is 14.8 Å². The van der Waals surface area contributed by atoms with Gasteiger partial charge in [-0.15, -0.1) is 0 Å². The van der Waals surface area contributed by atoms with Crippen LogP contribution in [0.4, 0.5) is 0 Å². The molecule has 1 atom stereocenters. The molecule has 0 aromatic carbocycles. The van der Waals surface area contributed by atoms with E-state index < -0.39 is 0 Å². The molecule has 1 aliphatic heterocycles. The Morgan fingerprint density at radius 1 is 1.57 bits per heavy atom. The predicted octanol–water partition coefficient (Wildman–Crippen LogP) is 0.226. The van der Waals surface area contributed by atoms with Crippen molar-refractivity contribution in [3.8, 4) is 11.9 Å². The minimum atomic E-state index is 0.217. The van der Waals surface area contributed by atoms with E-state index in [-0.39, 0.29) is 6.10 Å². The van der Waals surface area contributed by atoms with Crippen molar-refractivity contribution in [3.05, 3.63) is 12.3 Å². The third-order valence-electron chi connectivity index (χ3n) is 2.09. The summed E-state index contributed by atoms with van der Waals surface area (Å²) < 4.78 is 10.5. The third kappa shape index (κ3) is 2.11. The summed E-state index contributed by atoms with van der Waals surface area (Å²) in [7, 11) is 1.54. The van der Waals surface area contributed by atoms with E-state index in [1.807, 2.05) is 0 Å². The van der Waals surface area contributed by atoms with Gasteiger partial charge in [0, 0.05) is 18.8 Å². The Hall–Kier alpha value is -1.36. The first kappa shape index (κ1) is 9.21. The summed E-state index contributed by atoms with van der Waals surface area (Å²) in [6.07, 6.45) is 2.87. The Labute approximate surface area is 82.5 Å². The highest BCUT2D eigenvalue weighted by atomic mass is 16.5. The zero-order valence-electron chi connectivity index (χ0n) is 8.06. The fourth-order valence-corrected chi connectivity index (χ4v) is 1.39. The van der Waals surface area contributed by atoms with Crippen LogP contribution >= 0.6 is 0 Å². The second-order valence-electron chi connectivity index (χ2n) is 3.11. The molecule has 0 saturated carbocycles. The SMILES string of the molecule is COc1nccc(OC2CCNC2)n1. The summed E-state index contributed by atoms with van der Waals surface area (Å²) in [4.78, 5) is 7.97. The van der Waals surface area contributed by atoms with Crippen LogP contribution in [0.25, 0.3) is 0 Å². The lowest BCUT2D eigenvalue weighted by Gasteiger charge is -2.11. The van der Waals surface area contributed by atoms with Crippen LogP contribution in [0.1, 0.15) is 6.42 Å². The molecule has 1 aromatic rings. The molecule has 1 N–H and O–H groups in total. The lowest BCUT2D eigenvalue weighted by Crippen LogP contribution is -2.20. The van der Waals surface area contributed by atoms with Crippen molar-refractivity contribution in [1.29, 1.82) is 0 Å². The summed E-state index contributed by atoms with van der Waals surface area (Å²) in [5.74, 6) is 0.575. The maximum atomic E-state index is 5.62. The highest BCUT2D eigenvalue weighted by Gasteiger charge is 2.16. The topological polar surface area (TPSA) is 56.3 Å². The highest BCUT2D eigenvalue weighted by Crippen LogP contribution is 2.13. The zero-order valence-corrected chi connectivity index (χ0v) is 8.06. The molecule has 1 aliphatic rings. The quantitative estimate of drug-likeness (QED) is 0.748. The molecule has 14 heavy (non-hydrogen) atoms. The van der Waals surface area contributed by atoms with Crippen LogP contribution in [-0.2, 0) is 0 Å². The van der Waals surface area contributed by atoms with Crippen molar-refractivity contribution in [3.63, 3.8) is 0 Å². The molecule has 0 spiro atoms. The van der Waals surface area contributed by atoms with Crippen LogP contribution in [0.3, 0.4) is 0 Å². The Balaban J connectivity index is 2.00. The molecular formula is C9H13N3O2. The highest BCUT2D eigenvalue weighted by molar-refractivity contribution is 5.11. The van der Waals surface area contributed by atoms with Crippen LogP contribution in [0.5, 0.6) is 11.9 Å². The van der Waals surface area contributed by atoms with Gasteiger partial charge in [0.1, 0.15) is 6.10 Å². The first-order chi connectivity index (χ1) is 6.88. The molecule has 0 aliphatic carbocycles. The molecule has 1 unspecified atom stereocenters. The summed E-state index contributed by atoms with van der Waals surface area (Å²) in [6.45, 7) is 1.89. The van der Waals surface area contributed by atoms with Crippen molar-refractivity contribution < 1.29 is 9.47 Å². The molecule has 0 amide bonds. The number of hydrogen-bond donors (Lipinski definition) is 1. The van der Waals surface area contributed by atoms with Crippen molar-refractivity contribution in [2.24, 2.45) is 0 Å². The molecule has 76 valence electrons. The summed E-state index contributed by atoms with van der Waals surface area (Å²) >= 11 is 0. The average molecular weight is 195 g/mol. The largest absolute Gasteiger partial charge is 0.473 e. The van der Waals surface area contributed by atoms with E-state index in [0.29, 0.717) is 11.9 Å². The molecule has 0 bridgehead atoms. The average Bonchev–Trinajstić information content (AvgIpc) is 2.71. The van der Waals surface area contributed by atoms with Gasteiger partial charge in [-0.25, -0.2) is 4.98 Å². The fourth-order valence-electron chi connectivity index (χ4n) is 1.39. The van der Waals surface area contributed by atoms with Crippen molar-refractivity contribution in [2.45, 2.75) is 12.5 Å². The van der Waals surface area contributed by atoms with Gasteiger partial charge in [-0.2, -0.15) is 4.98 Å². The Kier molecular flexibility index (Phi) is 2.78. The van der Waals surface area contributed by atoms with Crippen molar-refractivity contribution >= 4 is 0 Å². The van der Waals surface area contributed by atoms with E-state index in [9.17, 15) is 0 Å². The molecule has 5 heteroatoms. The zero-order chi connectivity index (χ0) is 9.80. The van der Waals surface area contributed by atoms with Crippen LogP contribution in [-0.4, -0.2) is 36.3 Å². The van der Waals surface area contributed by atoms with Gasteiger partial charge in [0.25, 0.3) is 0 Å². The number of rotatable bonds is 3. The summed E-state index contributed by atoms with van der Waals surface area (Å²) in [6, 6.07) is 2.08. The lowest BCUT2D eigenvalue weighted by atomic mass is 10.3. The molecule has 1 saturated heterocycles. The van der Waals surface area contributed by atoms with Gasteiger partial charge in [-0.05, 0) is 13.0 Å². The maximum Gasteiger partial charge on any atom is 0.319 e. The molecular weight excluding hydrogens is 182 g/mol. The molecule has 5 nitrogen and oxygen atoms in total. The third-order valence-corrected chi connectivity index (χ3v) is 2.09. The van der Waals surface area contributed by atoms with Gasteiger partial charge in [0.15, 0.2) is 0 Å². The van der Waals surface area contributed by atoms with Crippen LogP contribution in [0.2, 0.25) is 0 Å². The van der Waals surface area contributed by atoms with Gasteiger partial charge in [0.2, 0.25) is 5.88 Å². The Morgan fingerprint density at radius 2 is 2.50 bits per heavy atom. The minimum absolute atomic E-state index is 0.217. The fraction of sp³-hybridized carbons (Fsp3) is 0.556. The first-order valence-corrected chi connectivity index (χ1v) is 4.63. The molecule has 1 fully saturated rings. The molecule has 0 radical (unpaired) electrons. The van der Waals surface area contributed by atoms with E-state index in [1.54, 1.807) is 12.3 Å². The van der Waals surface area contributed by atoms with Gasteiger partial charge in [-0.1, -0.05) is 0 Å². The second-order valence-corrected chi connectivity index (χ2v) is 3.11. The number of hydrogen-bond acceptors (Lipinski definition) is 5. The smallest absolute Gasteiger partial charge is 0.319 e. The number of aromatic nitrogens is 2. The van der Waals surface area contributed by atoms with E-state index in [2.05, 4.69) is 15.3 Å². The molecule has 1 aromatic heterocycles. The van der Waals surface area contributed by atoms with E-state index in [1.165, 1.54) is 7.11 Å². The van der Waals surface area contributed by atoms with Crippen molar-refractivity contribution in [1.82, 2.24) is 15.3 Å². The monoisotopic (exact) mass is 195 g/mol. The number of methoxy groups -OCH3 is 1. The minimum Gasteiger partial charge on any atom is -0.473 e. The normalized spacial score (nSPS) is 20.8. The molecule has 2 rings (SSSR count). The van der Waals surface area contributed by atoms with Gasteiger partial charge in [0.05, 0.1) is 7.11 Å². The summed E-state index contributed by atoms with van der Waals surface area (Å²) in [5.41, 5.74) is 0. The van der Waals surface area contributed by atoms with E-state index >= 15 is 0 Å². The van der Waals surface area contributed by atoms with Gasteiger partial charge in [-0.3, -0.25) is 0 Å². The number of ether oxygens (including phenoxy) is 2. The standard InChI is InChI=1S/C9H13N3O2/c1-13-9-11-5-3-8(12-9)14-7-2-4-10-6-7/h3,5,7,10H,2,4,6H2,1H3. The van der Waals surface area contributed by atoms with Gasteiger partial charge < -0.3 is 14.8 Å². The predicted molar refractivity (Wildman–Crippen MR) is 50.5 cm³/mol. The lowest BCUT2D eigenvalue weighted by molar-refractivity contribution is 0.210. The van der Waals surface area contributed by atoms with E-state index in [4.69, 9.17) is 9.47 Å². The first-order valence-electron chi connectivity index (χ1n) is 4.63. The van der Waals surface area contributed by atoms with Crippen molar-refractivity contribution in [2.75, 3.05) is 20.2 Å². The Morgan fingerprint density at radius 3 is 3.21 bits per heavy atom. The number of nitrogens with zero attached hydrogens (tertiary/aromatic N) is 2. The van der Waals surface area contributed by atoms with Crippen LogP contribution in [0.15, 0.2) is 12.3 Å². The molecule has 2 heterocycles. The second kappa shape index (κ2) is 4.23. The summed E-state index contributed by atoms with van der Waals surface area (Å²) in [5, 5.41) is 3.22. The number of nitrogens with one attached hydrogen (secondary N) is 1. The van der Waals surface area contributed by atoms with Crippen LogP contribution in [0, 0.1) is 0 Å².